The molecule has 1 amide bonds. The predicted molar refractivity (Wildman–Crippen MR) is 73.2 cm³/mol. The lowest BCUT2D eigenvalue weighted by Crippen LogP contribution is -2.26. The number of nitrogens with one attached hydrogen (secondary N) is 1. The first-order valence-corrected chi connectivity index (χ1v) is 6.34. The van der Waals surface area contributed by atoms with Crippen LogP contribution in [0.25, 0.3) is 0 Å². The number of carbonyl (C=O) groups excluding carboxylic acids is 1. The summed E-state index contributed by atoms with van der Waals surface area (Å²) in [6, 6.07) is 7.55. The maximum atomic E-state index is 12.0. The average molecular weight is 258 g/mol. The second kappa shape index (κ2) is 5.69. The standard InChI is InChI=1S/C15H18N2O2/c1-10-6-4-5-7-13(10)15(18)16-9-8-14-11(2)17-12(3)19-14/h4-7H,8-9H2,1-3H3,(H,16,18). The van der Waals surface area contributed by atoms with Crippen LogP contribution in [0.5, 0.6) is 0 Å². The van der Waals surface area contributed by atoms with E-state index in [1.807, 2.05) is 45.0 Å². The van der Waals surface area contributed by atoms with Crippen LogP contribution in [0.4, 0.5) is 0 Å². The zero-order valence-corrected chi connectivity index (χ0v) is 11.5. The summed E-state index contributed by atoms with van der Waals surface area (Å²) in [5.74, 6) is 1.45. The van der Waals surface area contributed by atoms with E-state index < -0.39 is 0 Å². The molecular formula is C15H18N2O2. The number of benzene rings is 1. The molecule has 0 aliphatic rings. The highest BCUT2D eigenvalue weighted by molar-refractivity contribution is 5.95. The smallest absolute Gasteiger partial charge is 0.251 e. The molecule has 0 fully saturated rings. The van der Waals surface area contributed by atoms with Crippen LogP contribution in [0.3, 0.4) is 0 Å². The highest BCUT2D eigenvalue weighted by Crippen LogP contribution is 2.10. The maximum Gasteiger partial charge on any atom is 0.251 e. The van der Waals surface area contributed by atoms with E-state index in [4.69, 9.17) is 4.42 Å². The molecular weight excluding hydrogens is 240 g/mol. The predicted octanol–water partition coefficient (Wildman–Crippen LogP) is 2.57. The van der Waals surface area contributed by atoms with E-state index in [-0.39, 0.29) is 5.91 Å². The number of hydrogen-bond acceptors (Lipinski definition) is 3. The monoisotopic (exact) mass is 258 g/mol. The number of carbonyl (C=O) groups is 1. The van der Waals surface area contributed by atoms with E-state index in [2.05, 4.69) is 10.3 Å². The van der Waals surface area contributed by atoms with Gasteiger partial charge in [0.25, 0.3) is 5.91 Å². The lowest BCUT2D eigenvalue weighted by atomic mass is 10.1. The summed E-state index contributed by atoms with van der Waals surface area (Å²) in [6.45, 7) is 6.21. The quantitative estimate of drug-likeness (QED) is 0.917. The van der Waals surface area contributed by atoms with Gasteiger partial charge in [0, 0.05) is 25.5 Å². The summed E-state index contributed by atoms with van der Waals surface area (Å²) >= 11 is 0. The number of rotatable bonds is 4. The molecule has 1 heterocycles. The molecule has 1 aromatic carbocycles. The number of aromatic nitrogens is 1. The summed E-state index contributed by atoms with van der Waals surface area (Å²) in [7, 11) is 0. The molecule has 0 aliphatic heterocycles. The van der Waals surface area contributed by atoms with Gasteiger partial charge in [-0.25, -0.2) is 4.98 Å². The van der Waals surface area contributed by atoms with Crippen molar-refractivity contribution in [3.63, 3.8) is 0 Å². The van der Waals surface area contributed by atoms with Crippen LogP contribution in [-0.2, 0) is 6.42 Å². The van der Waals surface area contributed by atoms with Gasteiger partial charge in [0.15, 0.2) is 5.89 Å². The molecule has 0 aliphatic carbocycles. The fraction of sp³-hybridized carbons (Fsp3) is 0.333. The van der Waals surface area contributed by atoms with Gasteiger partial charge >= 0.3 is 0 Å². The Morgan fingerprint density at radius 2 is 2.00 bits per heavy atom. The first-order chi connectivity index (χ1) is 9.08. The van der Waals surface area contributed by atoms with Crippen LogP contribution in [0.15, 0.2) is 28.7 Å². The molecule has 2 rings (SSSR count). The normalized spacial score (nSPS) is 10.5. The summed E-state index contributed by atoms with van der Waals surface area (Å²) in [6.07, 6.45) is 0.657. The van der Waals surface area contributed by atoms with E-state index in [0.717, 1.165) is 17.0 Å². The van der Waals surface area contributed by atoms with Crippen LogP contribution in [-0.4, -0.2) is 17.4 Å². The summed E-state index contributed by atoms with van der Waals surface area (Å²) < 4.78 is 5.46. The average Bonchev–Trinajstić information content (AvgIpc) is 2.68. The van der Waals surface area contributed by atoms with Crippen LogP contribution < -0.4 is 5.32 Å². The van der Waals surface area contributed by atoms with Crippen molar-refractivity contribution in [2.24, 2.45) is 0 Å². The van der Waals surface area contributed by atoms with Gasteiger partial charge in [-0.15, -0.1) is 0 Å². The Labute approximate surface area is 112 Å². The Morgan fingerprint density at radius 1 is 1.26 bits per heavy atom. The molecule has 0 atom stereocenters. The first kappa shape index (κ1) is 13.3. The van der Waals surface area contributed by atoms with Gasteiger partial charge in [0.2, 0.25) is 0 Å². The van der Waals surface area contributed by atoms with E-state index >= 15 is 0 Å². The van der Waals surface area contributed by atoms with Crippen LogP contribution in [0.1, 0.15) is 33.3 Å². The van der Waals surface area contributed by atoms with E-state index in [0.29, 0.717) is 24.4 Å². The number of oxazole rings is 1. The number of aryl methyl sites for hydroxylation is 3. The Balaban J connectivity index is 1.91. The van der Waals surface area contributed by atoms with Crippen molar-refractivity contribution in [2.45, 2.75) is 27.2 Å². The molecule has 19 heavy (non-hydrogen) atoms. The van der Waals surface area contributed by atoms with Gasteiger partial charge in [0.1, 0.15) is 5.76 Å². The second-order valence-corrected chi connectivity index (χ2v) is 4.56. The van der Waals surface area contributed by atoms with E-state index in [9.17, 15) is 4.79 Å². The van der Waals surface area contributed by atoms with Crippen LogP contribution in [0, 0.1) is 20.8 Å². The Bertz CT molecular complexity index is 588. The molecule has 4 heteroatoms. The molecule has 0 bridgehead atoms. The van der Waals surface area contributed by atoms with Crippen molar-refractivity contribution in [2.75, 3.05) is 6.54 Å². The molecule has 100 valence electrons. The topological polar surface area (TPSA) is 55.1 Å². The van der Waals surface area contributed by atoms with Gasteiger partial charge in [-0.1, -0.05) is 18.2 Å². The van der Waals surface area contributed by atoms with Gasteiger partial charge < -0.3 is 9.73 Å². The van der Waals surface area contributed by atoms with Gasteiger partial charge in [-0.05, 0) is 25.5 Å². The molecule has 0 saturated carbocycles. The summed E-state index contributed by atoms with van der Waals surface area (Å²) in [5, 5.41) is 2.90. The third-order valence-electron chi connectivity index (χ3n) is 3.03. The molecule has 0 radical (unpaired) electrons. The number of hydrogen-bond donors (Lipinski definition) is 1. The zero-order chi connectivity index (χ0) is 13.8. The highest BCUT2D eigenvalue weighted by Gasteiger charge is 2.09. The van der Waals surface area contributed by atoms with Crippen molar-refractivity contribution in [3.8, 4) is 0 Å². The highest BCUT2D eigenvalue weighted by atomic mass is 16.4. The summed E-state index contributed by atoms with van der Waals surface area (Å²) in [5.41, 5.74) is 2.59. The Kier molecular flexibility index (Phi) is 4.00. The fourth-order valence-electron chi connectivity index (χ4n) is 2.02. The first-order valence-electron chi connectivity index (χ1n) is 6.34. The van der Waals surface area contributed by atoms with Gasteiger partial charge in [0.05, 0.1) is 5.69 Å². The number of amides is 1. The van der Waals surface area contributed by atoms with Crippen molar-refractivity contribution < 1.29 is 9.21 Å². The number of nitrogens with zero attached hydrogens (tertiary/aromatic N) is 1. The van der Waals surface area contributed by atoms with Crippen LogP contribution in [0.2, 0.25) is 0 Å². The van der Waals surface area contributed by atoms with Crippen molar-refractivity contribution in [1.82, 2.24) is 10.3 Å². The molecule has 0 unspecified atom stereocenters. The Morgan fingerprint density at radius 3 is 2.63 bits per heavy atom. The van der Waals surface area contributed by atoms with Gasteiger partial charge in [-0.2, -0.15) is 0 Å². The zero-order valence-electron chi connectivity index (χ0n) is 11.5. The minimum Gasteiger partial charge on any atom is -0.446 e. The third-order valence-corrected chi connectivity index (χ3v) is 3.03. The molecule has 2 aromatic rings. The lowest BCUT2D eigenvalue weighted by molar-refractivity contribution is 0.0953. The van der Waals surface area contributed by atoms with Gasteiger partial charge in [-0.3, -0.25) is 4.79 Å². The minimum absolute atomic E-state index is 0.0491. The van der Waals surface area contributed by atoms with E-state index in [1.54, 1.807) is 0 Å². The molecule has 1 N–H and O–H groups in total. The summed E-state index contributed by atoms with van der Waals surface area (Å²) in [4.78, 5) is 16.2. The molecule has 1 aromatic heterocycles. The van der Waals surface area contributed by atoms with Crippen LogP contribution >= 0.6 is 0 Å². The fourth-order valence-corrected chi connectivity index (χ4v) is 2.02. The molecule has 4 nitrogen and oxygen atoms in total. The van der Waals surface area contributed by atoms with E-state index in [1.165, 1.54) is 0 Å². The van der Waals surface area contributed by atoms with Crippen molar-refractivity contribution in [1.29, 1.82) is 0 Å². The minimum atomic E-state index is -0.0491. The van der Waals surface area contributed by atoms with Crippen molar-refractivity contribution >= 4 is 5.91 Å². The largest absolute Gasteiger partial charge is 0.446 e. The molecule has 0 saturated heterocycles. The molecule has 0 spiro atoms. The SMILES string of the molecule is Cc1nc(C)c(CCNC(=O)c2ccccc2C)o1. The second-order valence-electron chi connectivity index (χ2n) is 4.56. The lowest BCUT2D eigenvalue weighted by Gasteiger charge is -2.06. The Hall–Kier alpha value is -2.10. The third kappa shape index (κ3) is 3.22. The maximum absolute atomic E-state index is 12.0. The van der Waals surface area contributed by atoms with Crippen molar-refractivity contribution in [3.05, 3.63) is 52.7 Å².